The van der Waals surface area contributed by atoms with Gasteiger partial charge in [-0.25, -0.2) is 0 Å². The molecule has 1 N–H and O–H groups in total. The normalized spacial score (nSPS) is 14.6. The van der Waals surface area contributed by atoms with Gasteiger partial charge in [0.1, 0.15) is 11.5 Å². The summed E-state index contributed by atoms with van der Waals surface area (Å²) in [5.74, 6) is 1.35. The molecule has 1 aromatic rings. The first kappa shape index (κ1) is 12.5. The molecule has 0 atom stereocenters. The Morgan fingerprint density at radius 2 is 1.83 bits per heavy atom. The third kappa shape index (κ3) is 3.52. The van der Waals surface area contributed by atoms with E-state index < -0.39 is 0 Å². The number of benzene rings is 1. The number of rotatable bonds is 5. The van der Waals surface area contributed by atoms with Crippen LogP contribution in [0.25, 0.3) is 6.08 Å². The third-order valence-electron chi connectivity index (χ3n) is 2.72. The first-order valence-electron chi connectivity index (χ1n) is 5.93. The van der Waals surface area contributed by atoms with E-state index in [1.807, 2.05) is 12.1 Å². The summed E-state index contributed by atoms with van der Waals surface area (Å²) in [6.45, 7) is 0. The van der Waals surface area contributed by atoms with Gasteiger partial charge in [-0.05, 0) is 36.6 Å². The lowest BCUT2D eigenvalue weighted by Crippen LogP contribution is -2.22. The van der Waals surface area contributed by atoms with E-state index in [0.717, 1.165) is 18.4 Å². The van der Waals surface area contributed by atoms with E-state index in [4.69, 9.17) is 9.47 Å². The summed E-state index contributed by atoms with van der Waals surface area (Å²) in [7, 11) is 3.20. The molecule has 1 aromatic carbocycles. The summed E-state index contributed by atoms with van der Waals surface area (Å²) in [5.41, 5.74) is 0.872. The zero-order valence-electron chi connectivity index (χ0n) is 10.6. The lowest BCUT2D eigenvalue weighted by atomic mass is 10.2. The molecule has 1 amide bonds. The Hall–Kier alpha value is -1.97. The molecule has 4 heteroatoms. The molecular formula is C14H17NO3. The van der Waals surface area contributed by atoms with Gasteiger partial charge in [0, 0.05) is 18.2 Å². The lowest BCUT2D eigenvalue weighted by Gasteiger charge is -2.05. The minimum atomic E-state index is -0.0562. The van der Waals surface area contributed by atoms with Gasteiger partial charge in [-0.3, -0.25) is 4.79 Å². The van der Waals surface area contributed by atoms with Crippen molar-refractivity contribution in [1.29, 1.82) is 0 Å². The molecule has 0 saturated heterocycles. The predicted octanol–water partition coefficient (Wildman–Crippen LogP) is 2.00. The van der Waals surface area contributed by atoms with Crippen LogP contribution < -0.4 is 14.8 Å². The second-order valence-corrected chi connectivity index (χ2v) is 4.26. The second kappa shape index (κ2) is 5.58. The average Bonchev–Trinajstić information content (AvgIpc) is 3.19. The minimum Gasteiger partial charge on any atom is -0.497 e. The number of carbonyl (C=O) groups excluding carboxylic acids is 1. The van der Waals surface area contributed by atoms with Crippen molar-refractivity contribution >= 4 is 12.0 Å². The van der Waals surface area contributed by atoms with Gasteiger partial charge < -0.3 is 14.8 Å². The van der Waals surface area contributed by atoms with Crippen LogP contribution in [0.5, 0.6) is 11.5 Å². The van der Waals surface area contributed by atoms with Crippen molar-refractivity contribution in [3.05, 3.63) is 29.8 Å². The molecule has 0 radical (unpaired) electrons. The number of methoxy groups -OCH3 is 2. The average molecular weight is 247 g/mol. The fourth-order valence-electron chi connectivity index (χ4n) is 1.57. The molecule has 1 saturated carbocycles. The highest BCUT2D eigenvalue weighted by Gasteiger charge is 2.21. The Kier molecular flexibility index (Phi) is 3.87. The summed E-state index contributed by atoms with van der Waals surface area (Å²) in [6.07, 6.45) is 5.47. The summed E-state index contributed by atoms with van der Waals surface area (Å²) >= 11 is 0. The van der Waals surface area contributed by atoms with Crippen molar-refractivity contribution in [3.63, 3.8) is 0 Å². The Bertz CT molecular complexity index is 442. The standard InChI is InChI=1S/C14H17NO3/c1-17-12-7-10(8-13(9-12)18-2)3-6-14(16)15-11-4-5-11/h3,6-9,11H,4-5H2,1-2H3,(H,15,16)/b6-3+. The first-order chi connectivity index (χ1) is 8.71. The molecule has 96 valence electrons. The van der Waals surface area contributed by atoms with Gasteiger partial charge in [0.05, 0.1) is 14.2 Å². The molecule has 18 heavy (non-hydrogen) atoms. The van der Waals surface area contributed by atoms with Crippen molar-refractivity contribution in [2.45, 2.75) is 18.9 Å². The fraction of sp³-hybridized carbons (Fsp3) is 0.357. The van der Waals surface area contributed by atoms with Crippen LogP contribution in [0.15, 0.2) is 24.3 Å². The van der Waals surface area contributed by atoms with E-state index in [0.29, 0.717) is 17.5 Å². The zero-order valence-corrected chi connectivity index (χ0v) is 10.6. The number of carbonyl (C=O) groups is 1. The van der Waals surface area contributed by atoms with Crippen molar-refractivity contribution < 1.29 is 14.3 Å². The highest BCUT2D eigenvalue weighted by molar-refractivity contribution is 5.92. The largest absolute Gasteiger partial charge is 0.497 e. The van der Waals surface area contributed by atoms with E-state index in [1.165, 1.54) is 6.08 Å². The van der Waals surface area contributed by atoms with E-state index >= 15 is 0 Å². The van der Waals surface area contributed by atoms with Crippen LogP contribution in [0.3, 0.4) is 0 Å². The van der Waals surface area contributed by atoms with Gasteiger partial charge >= 0.3 is 0 Å². The number of nitrogens with one attached hydrogen (secondary N) is 1. The van der Waals surface area contributed by atoms with Gasteiger partial charge in [-0.1, -0.05) is 0 Å². The van der Waals surface area contributed by atoms with Crippen molar-refractivity contribution in [1.82, 2.24) is 5.32 Å². The molecule has 0 aliphatic heterocycles. The van der Waals surface area contributed by atoms with Crippen LogP contribution in [-0.4, -0.2) is 26.2 Å². The maximum absolute atomic E-state index is 11.5. The number of hydrogen-bond acceptors (Lipinski definition) is 3. The summed E-state index contributed by atoms with van der Waals surface area (Å²) in [5, 5.41) is 2.89. The molecule has 4 nitrogen and oxygen atoms in total. The highest BCUT2D eigenvalue weighted by Crippen LogP contribution is 2.23. The van der Waals surface area contributed by atoms with Crippen molar-refractivity contribution in [3.8, 4) is 11.5 Å². The monoisotopic (exact) mass is 247 g/mol. The van der Waals surface area contributed by atoms with Crippen LogP contribution in [0.2, 0.25) is 0 Å². The summed E-state index contributed by atoms with van der Waals surface area (Å²) in [6, 6.07) is 5.87. The molecule has 0 bridgehead atoms. The van der Waals surface area contributed by atoms with E-state index in [2.05, 4.69) is 5.32 Å². The van der Waals surface area contributed by atoms with Gasteiger partial charge in [0.15, 0.2) is 0 Å². The van der Waals surface area contributed by atoms with Gasteiger partial charge in [-0.2, -0.15) is 0 Å². The molecule has 1 aliphatic carbocycles. The van der Waals surface area contributed by atoms with E-state index in [-0.39, 0.29) is 5.91 Å². The highest BCUT2D eigenvalue weighted by atomic mass is 16.5. The van der Waals surface area contributed by atoms with Gasteiger partial charge in [0.25, 0.3) is 0 Å². The predicted molar refractivity (Wildman–Crippen MR) is 69.7 cm³/mol. The van der Waals surface area contributed by atoms with Crippen LogP contribution >= 0.6 is 0 Å². The SMILES string of the molecule is COc1cc(/C=C/C(=O)NC2CC2)cc(OC)c1. The quantitative estimate of drug-likeness (QED) is 0.809. The molecule has 1 aliphatic rings. The summed E-state index contributed by atoms with van der Waals surface area (Å²) in [4.78, 5) is 11.5. The van der Waals surface area contributed by atoms with Crippen molar-refractivity contribution in [2.75, 3.05) is 14.2 Å². The number of hydrogen-bond donors (Lipinski definition) is 1. The molecule has 0 aromatic heterocycles. The number of ether oxygens (including phenoxy) is 2. The topological polar surface area (TPSA) is 47.6 Å². The first-order valence-corrected chi connectivity index (χ1v) is 5.93. The van der Waals surface area contributed by atoms with Crippen LogP contribution in [0.1, 0.15) is 18.4 Å². The molecule has 0 heterocycles. The molecule has 1 fully saturated rings. The van der Waals surface area contributed by atoms with Crippen LogP contribution in [0, 0.1) is 0 Å². The fourth-order valence-corrected chi connectivity index (χ4v) is 1.57. The van der Waals surface area contributed by atoms with Crippen LogP contribution in [-0.2, 0) is 4.79 Å². The Morgan fingerprint density at radius 3 is 2.33 bits per heavy atom. The van der Waals surface area contributed by atoms with Gasteiger partial charge in [-0.15, -0.1) is 0 Å². The Labute approximate surface area is 107 Å². The molecular weight excluding hydrogens is 230 g/mol. The molecule has 2 rings (SSSR count). The van der Waals surface area contributed by atoms with Crippen molar-refractivity contribution in [2.24, 2.45) is 0 Å². The second-order valence-electron chi connectivity index (χ2n) is 4.26. The maximum atomic E-state index is 11.5. The lowest BCUT2D eigenvalue weighted by molar-refractivity contribution is -0.116. The third-order valence-corrected chi connectivity index (χ3v) is 2.72. The number of amides is 1. The minimum absolute atomic E-state index is 0.0562. The zero-order chi connectivity index (χ0) is 13.0. The van der Waals surface area contributed by atoms with Crippen LogP contribution in [0.4, 0.5) is 0 Å². The summed E-state index contributed by atoms with van der Waals surface area (Å²) < 4.78 is 10.3. The molecule has 0 spiro atoms. The van der Waals surface area contributed by atoms with E-state index in [1.54, 1.807) is 26.4 Å². The van der Waals surface area contributed by atoms with Gasteiger partial charge in [0.2, 0.25) is 5.91 Å². The Balaban J connectivity index is 2.06. The smallest absolute Gasteiger partial charge is 0.244 e. The van der Waals surface area contributed by atoms with E-state index in [9.17, 15) is 4.79 Å². The molecule has 0 unspecified atom stereocenters. The Morgan fingerprint density at radius 1 is 1.22 bits per heavy atom. The maximum Gasteiger partial charge on any atom is 0.244 e.